The number of ether oxygens (including phenoxy) is 2. The van der Waals surface area contributed by atoms with Crippen molar-refractivity contribution in [3.8, 4) is 5.69 Å². The van der Waals surface area contributed by atoms with Crippen LogP contribution in [-0.4, -0.2) is 66.9 Å². The number of H-pyrrole nitrogens is 1. The molecule has 9 nitrogen and oxygen atoms in total. The first-order chi connectivity index (χ1) is 16.2. The summed E-state index contributed by atoms with van der Waals surface area (Å²) >= 11 is 0. The summed E-state index contributed by atoms with van der Waals surface area (Å²) in [6.45, 7) is 4.06. The van der Waals surface area contributed by atoms with E-state index >= 15 is 0 Å². The van der Waals surface area contributed by atoms with Crippen LogP contribution in [0.3, 0.4) is 0 Å². The molecule has 0 atom stereocenters. The number of ketones is 1. The molecule has 1 aromatic carbocycles. The number of Topliss-reactive ketones (excluding diaryl/α,β-unsaturated/α-hetero) is 1. The van der Waals surface area contributed by atoms with Crippen LogP contribution >= 0.6 is 0 Å². The summed E-state index contributed by atoms with van der Waals surface area (Å²) in [5.74, 6) is -1.68. The van der Waals surface area contributed by atoms with Crippen LogP contribution in [0.25, 0.3) is 5.69 Å². The highest BCUT2D eigenvalue weighted by atomic mass is 32.2. The normalized spacial score (nSPS) is 14.8. The van der Waals surface area contributed by atoms with Gasteiger partial charge in [0, 0.05) is 41.9 Å². The highest BCUT2D eigenvalue weighted by Gasteiger charge is 2.28. The summed E-state index contributed by atoms with van der Waals surface area (Å²) < 4.78 is 52.4. The SMILES string of the molecule is Cc1cc(C(=O)COC(=O)c2cc(S(=O)(=O)N3CCOCC3)c[nH]2)c(C)n1-c1cccc(F)c1. The molecular weight excluding hydrogens is 465 g/mol. The number of aryl methyl sites for hydroxylation is 1. The lowest BCUT2D eigenvalue weighted by molar-refractivity contribution is 0.0469. The van der Waals surface area contributed by atoms with Crippen molar-refractivity contribution in [2.45, 2.75) is 18.7 Å². The minimum absolute atomic E-state index is 0.0636. The summed E-state index contributed by atoms with van der Waals surface area (Å²) in [4.78, 5) is 27.7. The number of esters is 1. The summed E-state index contributed by atoms with van der Waals surface area (Å²) in [5.41, 5.74) is 2.15. The molecular formula is C23H24FN3O6S. The third kappa shape index (κ3) is 4.67. The molecule has 2 aromatic heterocycles. The maximum Gasteiger partial charge on any atom is 0.355 e. The van der Waals surface area contributed by atoms with Crippen LogP contribution in [-0.2, 0) is 19.5 Å². The standard InChI is InChI=1S/C23H24FN3O6S/c1-15-10-20(16(2)27(15)18-5-3-4-17(24)11-18)22(28)14-33-23(29)21-12-19(13-25-21)34(30,31)26-6-8-32-9-7-26/h3-5,10-13,25H,6-9,14H2,1-2H3. The van der Waals surface area contributed by atoms with Gasteiger partial charge >= 0.3 is 5.97 Å². The molecule has 0 bridgehead atoms. The van der Waals surface area contributed by atoms with E-state index in [-0.39, 0.29) is 23.7 Å². The average molecular weight is 490 g/mol. The number of aromatic amines is 1. The van der Waals surface area contributed by atoms with Gasteiger partial charge in [0.1, 0.15) is 16.4 Å². The molecule has 1 N–H and O–H groups in total. The van der Waals surface area contributed by atoms with E-state index in [1.807, 2.05) is 0 Å². The Labute approximate surface area is 196 Å². The molecule has 0 unspecified atom stereocenters. The number of nitrogens with zero attached hydrogens (tertiary/aromatic N) is 2. The van der Waals surface area contributed by atoms with E-state index in [4.69, 9.17) is 9.47 Å². The van der Waals surface area contributed by atoms with E-state index in [1.54, 1.807) is 36.6 Å². The first-order valence-electron chi connectivity index (χ1n) is 10.6. The molecule has 1 fully saturated rings. The molecule has 11 heteroatoms. The van der Waals surface area contributed by atoms with Gasteiger partial charge in [0.15, 0.2) is 6.61 Å². The second-order valence-electron chi connectivity index (χ2n) is 7.86. The van der Waals surface area contributed by atoms with Gasteiger partial charge in [-0.2, -0.15) is 4.31 Å². The fraction of sp³-hybridized carbons (Fsp3) is 0.304. The van der Waals surface area contributed by atoms with Gasteiger partial charge in [-0.25, -0.2) is 17.6 Å². The Kier molecular flexibility index (Phi) is 6.69. The number of sulfonamides is 1. The first-order valence-corrected chi connectivity index (χ1v) is 12.0. The zero-order chi connectivity index (χ0) is 24.5. The maximum atomic E-state index is 13.6. The van der Waals surface area contributed by atoms with E-state index < -0.39 is 34.2 Å². The van der Waals surface area contributed by atoms with Crippen LogP contribution in [0, 0.1) is 19.7 Å². The predicted molar refractivity (Wildman–Crippen MR) is 120 cm³/mol. The number of carbonyl (C=O) groups is 2. The van der Waals surface area contributed by atoms with Crippen LogP contribution in [0.2, 0.25) is 0 Å². The van der Waals surface area contributed by atoms with Gasteiger partial charge in [-0.1, -0.05) is 6.07 Å². The first kappa shape index (κ1) is 23.9. The van der Waals surface area contributed by atoms with Crippen molar-refractivity contribution in [2.75, 3.05) is 32.9 Å². The summed E-state index contributed by atoms with van der Waals surface area (Å²) in [6.07, 6.45) is 1.22. The molecule has 3 heterocycles. The minimum Gasteiger partial charge on any atom is -0.453 e. The van der Waals surface area contributed by atoms with Crippen molar-refractivity contribution in [2.24, 2.45) is 0 Å². The van der Waals surface area contributed by atoms with Crippen LogP contribution in [0.1, 0.15) is 32.2 Å². The molecule has 1 aliphatic rings. The van der Waals surface area contributed by atoms with Crippen LogP contribution in [0.4, 0.5) is 4.39 Å². The van der Waals surface area contributed by atoms with Crippen LogP contribution in [0.15, 0.2) is 47.5 Å². The lowest BCUT2D eigenvalue weighted by Crippen LogP contribution is -2.40. The van der Waals surface area contributed by atoms with Crippen molar-refractivity contribution in [1.82, 2.24) is 13.9 Å². The van der Waals surface area contributed by atoms with Gasteiger partial charge < -0.3 is 19.0 Å². The number of halogens is 1. The largest absolute Gasteiger partial charge is 0.453 e. The molecule has 0 spiro atoms. The van der Waals surface area contributed by atoms with E-state index in [0.717, 1.165) is 5.69 Å². The van der Waals surface area contributed by atoms with Crippen LogP contribution < -0.4 is 0 Å². The number of morpholine rings is 1. The Morgan fingerprint density at radius 3 is 2.59 bits per heavy atom. The lowest BCUT2D eigenvalue weighted by Gasteiger charge is -2.25. The Bertz CT molecular complexity index is 1340. The molecule has 1 aliphatic heterocycles. The zero-order valence-corrected chi connectivity index (χ0v) is 19.5. The molecule has 3 aromatic rings. The molecule has 34 heavy (non-hydrogen) atoms. The van der Waals surface area contributed by atoms with Crippen molar-refractivity contribution < 1.29 is 31.9 Å². The summed E-state index contributed by atoms with van der Waals surface area (Å²) in [6, 6.07) is 8.84. The van der Waals surface area contributed by atoms with E-state index in [0.29, 0.717) is 30.2 Å². The highest BCUT2D eigenvalue weighted by Crippen LogP contribution is 2.22. The molecule has 0 aliphatic carbocycles. The van der Waals surface area contributed by atoms with Gasteiger partial charge in [-0.15, -0.1) is 0 Å². The second kappa shape index (κ2) is 9.53. The predicted octanol–water partition coefficient (Wildman–Crippen LogP) is 2.62. The Morgan fingerprint density at radius 1 is 1.15 bits per heavy atom. The third-order valence-electron chi connectivity index (χ3n) is 5.62. The monoisotopic (exact) mass is 489 g/mol. The number of rotatable bonds is 7. The van der Waals surface area contributed by atoms with E-state index in [9.17, 15) is 22.4 Å². The fourth-order valence-corrected chi connectivity index (χ4v) is 5.32. The maximum absolute atomic E-state index is 13.6. The van der Waals surface area contributed by atoms with E-state index in [2.05, 4.69) is 4.98 Å². The molecule has 1 saturated heterocycles. The zero-order valence-electron chi connectivity index (χ0n) is 18.7. The molecule has 0 amide bonds. The Hall–Kier alpha value is -3.28. The molecule has 180 valence electrons. The molecule has 4 rings (SSSR count). The number of hydrogen-bond acceptors (Lipinski definition) is 6. The minimum atomic E-state index is -3.77. The number of nitrogens with one attached hydrogen (secondary N) is 1. The average Bonchev–Trinajstić information content (AvgIpc) is 3.43. The smallest absolute Gasteiger partial charge is 0.355 e. The highest BCUT2D eigenvalue weighted by molar-refractivity contribution is 7.89. The Balaban J connectivity index is 1.44. The van der Waals surface area contributed by atoms with E-state index in [1.165, 1.54) is 28.7 Å². The second-order valence-corrected chi connectivity index (χ2v) is 9.80. The van der Waals surface area contributed by atoms with Crippen LogP contribution in [0.5, 0.6) is 0 Å². The number of benzene rings is 1. The quantitative estimate of drug-likeness (QED) is 0.404. The Morgan fingerprint density at radius 2 is 1.88 bits per heavy atom. The third-order valence-corrected chi connectivity index (χ3v) is 7.49. The van der Waals surface area contributed by atoms with Gasteiger partial charge in [0.25, 0.3) is 0 Å². The molecule has 0 radical (unpaired) electrons. The van der Waals surface area contributed by atoms with Crippen molar-refractivity contribution in [3.63, 3.8) is 0 Å². The van der Waals surface area contributed by atoms with Gasteiger partial charge in [0.2, 0.25) is 15.8 Å². The summed E-state index contributed by atoms with van der Waals surface area (Å²) in [7, 11) is -3.77. The van der Waals surface area contributed by atoms with Gasteiger partial charge in [-0.3, -0.25) is 4.79 Å². The van der Waals surface area contributed by atoms with Gasteiger partial charge in [-0.05, 0) is 44.2 Å². The van der Waals surface area contributed by atoms with Gasteiger partial charge in [0.05, 0.1) is 13.2 Å². The number of carbonyl (C=O) groups excluding carboxylic acids is 2. The summed E-state index contributed by atoms with van der Waals surface area (Å²) in [5, 5.41) is 0. The van der Waals surface area contributed by atoms with Crippen molar-refractivity contribution >= 4 is 21.8 Å². The topological polar surface area (TPSA) is 111 Å². The lowest BCUT2D eigenvalue weighted by atomic mass is 10.1. The van der Waals surface area contributed by atoms with Crippen molar-refractivity contribution in [3.05, 3.63) is 71.1 Å². The number of aromatic nitrogens is 2. The fourth-order valence-electron chi connectivity index (χ4n) is 3.92. The number of hydrogen-bond donors (Lipinski definition) is 1. The van der Waals surface area contributed by atoms with Crippen molar-refractivity contribution in [1.29, 1.82) is 0 Å². The molecule has 0 saturated carbocycles.